The molecule has 3 N–H and O–H groups in total. The monoisotopic (exact) mass is 436 g/mol. The van der Waals surface area contributed by atoms with Gasteiger partial charge in [-0.1, -0.05) is 42.5 Å². The number of hydrogen-bond acceptors (Lipinski definition) is 2. The van der Waals surface area contributed by atoms with E-state index in [1.807, 2.05) is 30.3 Å². The summed E-state index contributed by atoms with van der Waals surface area (Å²) in [6.45, 7) is 5.00. The highest BCUT2D eigenvalue weighted by atomic mass is 127. The van der Waals surface area contributed by atoms with Crippen LogP contribution in [0.4, 0.5) is 5.69 Å². The topological polar surface area (TPSA) is 53.6 Å². The Labute approximate surface area is 161 Å². The molecule has 0 radical (unpaired) electrons. The summed E-state index contributed by atoms with van der Waals surface area (Å²) >= 11 is 0. The molecule has 24 heavy (non-hydrogen) atoms. The first-order valence-electron chi connectivity index (χ1n) is 8.15. The average molecular weight is 436 g/mol. The molecule has 0 aliphatic carbocycles. The van der Waals surface area contributed by atoms with Gasteiger partial charge in [0.25, 0.3) is 0 Å². The highest BCUT2D eigenvalue weighted by Gasteiger charge is 2.19. The normalized spacial score (nSPS) is 16.0. The fourth-order valence-corrected chi connectivity index (χ4v) is 2.95. The van der Waals surface area contributed by atoms with Gasteiger partial charge in [-0.25, -0.2) is 0 Å². The highest BCUT2D eigenvalue weighted by molar-refractivity contribution is 14.0. The summed E-state index contributed by atoms with van der Waals surface area (Å²) in [5, 5.41) is 3.13. The lowest BCUT2D eigenvalue weighted by atomic mass is 9.99. The SMILES string of the molecule is CC(CN=C(N)Nc1ccccc1)N1CCc2ccccc2C1.I. The number of benzene rings is 2. The maximum absolute atomic E-state index is 5.98. The van der Waals surface area contributed by atoms with E-state index in [1.54, 1.807) is 0 Å². The molecule has 0 amide bonds. The van der Waals surface area contributed by atoms with E-state index in [4.69, 9.17) is 5.73 Å². The molecule has 0 saturated carbocycles. The third-order valence-corrected chi connectivity index (χ3v) is 4.36. The summed E-state index contributed by atoms with van der Waals surface area (Å²) in [4.78, 5) is 6.97. The zero-order valence-corrected chi connectivity index (χ0v) is 16.3. The molecule has 1 atom stereocenters. The van der Waals surface area contributed by atoms with E-state index in [1.165, 1.54) is 11.1 Å². The van der Waals surface area contributed by atoms with E-state index in [0.717, 1.165) is 25.2 Å². The Balaban J connectivity index is 0.00000208. The second-order valence-electron chi connectivity index (χ2n) is 6.06. The Bertz CT molecular complexity index is 672. The summed E-state index contributed by atoms with van der Waals surface area (Å²) in [5.74, 6) is 0.473. The van der Waals surface area contributed by atoms with Gasteiger partial charge in [-0.15, -0.1) is 24.0 Å². The van der Waals surface area contributed by atoms with E-state index in [9.17, 15) is 0 Å². The Hall–Kier alpha value is -1.60. The van der Waals surface area contributed by atoms with Crippen molar-refractivity contribution < 1.29 is 0 Å². The van der Waals surface area contributed by atoms with E-state index in [-0.39, 0.29) is 24.0 Å². The van der Waals surface area contributed by atoms with Crippen LogP contribution in [0, 0.1) is 0 Å². The van der Waals surface area contributed by atoms with Crippen LogP contribution in [0.1, 0.15) is 18.1 Å². The van der Waals surface area contributed by atoms with Crippen LogP contribution in [0.2, 0.25) is 0 Å². The fraction of sp³-hybridized carbons (Fsp3) is 0.316. The molecule has 128 valence electrons. The summed E-state index contributed by atoms with van der Waals surface area (Å²) < 4.78 is 0. The van der Waals surface area contributed by atoms with Gasteiger partial charge in [0.15, 0.2) is 5.96 Å². The minimum atomic E-state index is 0. The first-order valence-corrected chi connectivity index (χ1v) is 8.15. The predicted octanol–water partition coefficient (Wildman–Crippen LogP) is 3.48. The number of guanidine groups is 1. The van der Waals surface area contributed by atoms with Crippen LogP contribution in [0.3, 0.4) is 0 Å². The van der Waals surface area contributed by atoms with Crippen LogP contribution in [0.5, 0.6) is 0 Å². The van der Waals surface area contributed by atoms with Gasteiger partial charge in [0.1, 0.15) is 0 Å². The van der Waals surface area contributed by atoms with Gasteiger partial charge in [0, 0.05) is 24.8 Å². The number of nitrogens with two attached hydrogens (primary N) is 1. The second kappa shape index (κ2) is 9.03. The van der Waals surface area contributed by atoms with Crippen molar-refractivity contribution >= 4 is 35.6 Å². The van der Waals surface area contributed by atoms with Crippen molar-refractivity contribution in [1.29, 1.82) is 0 Å². The zero-order valence-electron chi connectivity index (χ0n) is 14.0. The van der Waals surface area contributed by atoms with E-state index < -0.39 is 0 Å². The first-order chi connectivity index (χ1) is 11.2. The predicted molar refractivity (Wildman–Crippen MR) is 112 cm³/mol. The number of hydrogen-bond donors (Lipinski definition) is 2. The maximum atomic E-state index is 5.98. The third-order valence-electron chi connectivity index (χ3n) is 4.36. The number of rotatable bonds is 4. The molecule has 0 saturated heterocycles. The molecule has 0 aromatic heterocycles. The molecule has 0 fully saturated rings. The number of aliphatic imine (C=N–C) groups is 1. The molecule has 1 heterocycles. The van der Waals surface area contributed by atoms with Crippen molar-refractivity contribution in [2.24, 2.45) is 10.7 Å². The second-order valence-corrected chi connectivity index (χ2v) is 6.06. The largest absolute Gasteiger partial charge is 0.370 e. The van der Waals surface area contributed by atoms with Crippen molar-refractivity contribution in [1.82, 2.24) is 4.90 Å². The van der Waals surface area contributed by atoms with Crippen molar-refractivity contribution in [3.05, 3.63) is 65.7 Å². The lowest BCUT2D eigenvalue weighted by Crippen LogP contribution is -2.39. The van der Waals surface area contributed by atoms with Gasteiger partial charge in [0.05, 0.1) is 6.54 Å². The van der Waals surface area contributed by atoms with Gasteiger partial charge < -0.3 is 11.1 Å². The smallest absolute Gasteiger partial charge is 0.193 e. The van der Waals surface area contributed by atoms with E-state index >= 15 is 0 Å². The van der Waals surface area contributed by atoms with Gasteiger partial charge in [-0.05, 0) is 36.6 Å². The average Bonchev–Trinajstić information content (AvgIpc) is 2.60. The molecular weight excluding hydrogens is 411 g/mol. The fourth-order valence-electron chi connectivity index (χ4n) is 2.95. The molecule has 3 rings (SSSR count). The Morgan fingerprint density at radius 3 is 2.54 bits per heavy atom. The van der Waals surface area contributed by atoms with Gasteiger partial charge in [-0.2, -0.15) is 0 Å². The minimum Gasteiger partial charge on any atom is -0.370 e. The summed E-state index contributed by atoms with van der Waals surface area (Å²) in [7, 11) is 0. The molecule has 0 bridgehead atoms. The van der Waals surface area contributed by atoms with Crippen LogP contribution in [-0.4, -0.2) is 30.0 Å². The number of anilines is 1. The zero-order chi connectivity index (χ0) is 16.1. The molecule has 5 heteroatoms. The Kier molecular flexibility index (Phi) is 7.05. The number of fused-ring (bicyclic) bond motifs is 1. The highest BCUT2D eigenvalue weighted by Crippen LogP contribution is 2.20. The standard InChI is InChI=1S/C19H24N4.HI/c1-15(13-21-19(20)22-18-9-3-2-4-10-18)23-12-11-16-7-5-6-8-17(16)14-23;/h2-10,15H,11-14H2,1H3,(H3,20,21,22);1H. The molecule has 1 aliphatic heterocycles. The molecule has 2 aromatic rings. The van der Waals surface area contributed by atoms with Crippen LogP contribution in [-0.2, 0) is 13.0 Å². The van der Waals surface area contributed by atoms with Crippen molar-refractivity contribution in [3.8, 4) is 0 Å². The van der Waals surface area contributed by atoms with Crippen molar-refractivity contribution in [2.45, 2.75) is 25.9 Å². The van der Waals surface area contributed by atoms with Crippen LogP contribution >= 0.6 is 24.0 Å². The lowest BCUT2D eigenvalue weighted by molar-refractivity contribution is 0.195. The Morgan fingerprint density at radius 1 is 1.12 bits per heavy atom. The summed E-state index contributed by atoms with van der Waals surface area (Å²) in [6, 6.07) is 19.0. The molecule has 0 spiro atoms. The molecule has 4 nitrogen and oxygen atoms in total. The van der Waals surface area contributed by atoms with Gasteiger partial charge >= 0.3 is 0 Å². The van der Waals surface area contributed by atoms with Crippen LogP contribution in [0.25, 0.3) is 0 Å². The molecular formula is C19H25IN4. The number of nitrogens with one attached hydrogen (secondary N) is 1. The summed E-state index contributed by atoms with van der Waals surface area (Å²) in [5.41, 5.74) is 9.86. The molecule has 1 aliphatic rings. The van der Waals surface area contributed by atoms with Gasteiger partial charge in [0.2, 0.25) is 0 Å². The first kappa shape index (κ1) is 18.7. The maximum Gasteiger partial charge on any atom is 0.193 e. The van der Waals surface area contributed by atoms with Crippen LogP contribution < -0.4 is 11.1 Å². The van der Waals surface area contributed by atoms with Crippen molar-refractivity contribution in [2.75, 3.05) is 18.4 Å². The molecule has 2 aromatic carbocycles. The van der Waals surface area contributed by atoms with Crippen LogP contribution in [0.15, 0.2) is 59.6 Å². The number of para-hydroxylation sites is 1. The lowest BCUT2D eigenvalue weighted by Gasteiger charge is -2.33. The third kappa shape index (κ3) is 4.95. The van der Waals surface area contributed by atoms with Gasteiger partial charge in [-0.3, -0.25) is 9.89 Å². The quantitative estimate of drug-likeness (QED) is 0.439. The van der Waals surface area contributed by atoms with Crippen molar-refractivity contribution in [3.63, 3.8) is 0 Å². The number of halogens is 1. The molecule has 1 unspecified atom stereocenters. The minimum absolute atomic E-state index is 0. The van der Waals surface area contributed by atoms with E-state index in [2.05, 4.69) is 46.4 Å². The Morgan fingerprint density at radius 2 is 1.79 bits per heavy atom. The summed E-state index contributed by atoms with van der Waals surface area (Å²) in [6.07, 6.45) is 1.11. The number of nitrogens with zero attached hydrogens (tertiary/aromatic N) is 2. The van der Waals surface area contributed by atoms with E-state index in [0.29, 0.717) is 18.5 Å².